The fourth-order valence-corrected chi connectivity index (χ4v) is 3.13. The Bertz CT molecular complexity index is 763. The zero-order valence-electron chi connectivity index (χ0n) is 11.8. The third-order valence-corrected chi connectivity index (χ3v) is 4.51. The fourth-order valence-electron chi connectivity index (χ4n) is 1.89. The Morgan fingerprint density at radius 2 is 1.82 bits per heavy atom. The number of benzene rings is 2. The maximum atomic E-state index is 13.0. The van der Waals surface area contributed by atoms with Gasteiger partial charge < -0.3 is 4.74 Å². The highest BCUT2D eigenvalue weighted by Crippen LogP contribution is 2.16. The lowest BCUT2D eigenvalue weighted by Gasteiger charge is -2.10. The van der Waals surface area contributed by atoms with Crippen LogP contribution in [-0.2, 0) is 10.0 Å². The molecule has 0 spiro atoms. The maximum Gasteiger partial charge on any atom is 0.240 e. The molecule has 0 amide bonds. The lowest BCUT2D eigenvalue weighted by molar-refractivity contribution is 0.321. The summed E-state index contributed by atoms with van der Waals surface area (Å²) in [6.07, 6.45) is 0. The number of aryl methyl sites for hydroxylation is 1. The first kappa shape index (κ1) is 16.4. The lowest BCUT2D eigenvalue weighted by atomic mass is 10.2. The van der Waals surface area contributed by atoms with Gasteiger partial charge in [-0.05, 0) is 42.8 Å². The molecule has 118 valence electrons. The van der Waals surface area contributed by atoms with Gasteiger partial charge in [0.05, 0.1) is 4.90 Å². The zero-order valence-corrected chi connectivity index (χ0v) is 12.7. The molecule has 0 radical (unpaired) electrons. The van der Waals surface area contributed by atoms with Crippen molar-refractivity contribution in [2.45, 2.75) is 11.8 Å². The Kier molecular flexibility index (Phi) is 5.10. The Balaban J connectivity index is 1.93. The van der Waals surface area contributed by atoms with Gasteiger partial charge in [0.1, 0.15) is 24.0 Å². The monoisotopic (exact) mass is 327 g/mol. The SMILES string of the molecule is Cc1cc(F)ccc1S(=O)(=O)NCCOc1cccc(F)c1. The molecule has 0 aliphatic carbocycles. The van der Waals surface area contributed by atoms with Crippen LogP contribution in [0.5, 0.6) is 5.75 Å². The number of rotatable bonds is 6. The predicted octanol–water partition coefficient (Wildman–Crippen LogP) is 2.63. The summed E-state index contributed by atoms with van der Waals surface area (Å²) in [6.45, 7) is 1.57. The van der Waals surface area contributed by atoms with Crippen LogP contribution in [0.3, 0.4) is 0 Å². The van der Waals surface area contributed by atoms with Crippen LogP contribution < -0.4 is 9.46 Å². The first-order valence-electron chi connectivity index (χ1n) is 6.53. The molecule has 0 saturated carbocycles. The summed E-state index contributed by atoms with van der Waals surface area (Å²) in [6, 6.07) is 9.01. The van der Waals surface area contributed by atoms with E-state index in [1.54, 1.807) is 6.07 Å². The minimum atomic E-state index is -3.74. The largest absolute Gasteiger partial charge is 0.492 e. The quantitative estimate of drug-likeness (QED) is 0.830. The van der Waals surface area contributed by atoms with E-state index in [1.165, 1.54) is 31.2 Å². The molecule has 2 rings (SSSR count). The van der Waals surface area contributed by atoms with Crippen LogP contribution in [0.4, 0.5) is 8.78 Å². The van der Waals surface area contributed by atoms with Crippen LogP contribution in [0.1, 0.15) is 5.56 Å². The third kappa shape index (κ3) is 4.25. The van der Waals surface area contributed by atoms with Gasteiger partial charge in [0.2, 0.25) is 10.0 Å². The van der Waals surface area contributed by atoms with E-state index in [0.717, 1.165) is 12.1 Å². The third-order valence-electron chi connectivity index (χ3n) is 2.89. The second kappa shape index (κ2) is 6.85. The van der Waals surface area contributed by atoms with Gasteiger partial charge in [0.15, 0.2) is 0 Å². The Morgan fingerprint density at radius 3 is 2.50 bits per heavy atom. The summed E-state index contributed by atoms with van der Waals surface area (Å²) in [4.78, 5) is 0.0136. The van der Waals surface area contributed by atoms with Gasteiger partial charge in [-0.3, -0.25) is 0 Å². The average molecular weight is 327 g/mol. The average Bonchev–Trinajstić information content (AvgIpc) is 2.43. The van der Waals surface area contributed by atoms with Gasteiger partial charge in [-0.2, -0.15) is 0 Å². The van der Waals surface area contributed by atoms with Crippen LogP contribution in [-0.4, -0.2) is 21.6 Å². The van der Waals surface area contributed by atoms with Crippen molar-refractivity contribution in [1.82, 2.24) is 4.72 Å². The molecular weight excluding hydrogens is 312 g/mol. The van der Waals surface area contributed by atoms with Gasteiger partial charge in [0, 0.05) is 12.6 Å². The van der Waals surface area contributed by atoms with E-state index < -0.39 is 21.7 Å². The van der Waals surface area contributed by atoms with Gasteiger partial charge >= 0.3 is 0 Å². The van der Waals surface area contributed by atoms with E-state index in [1.807, 2.05) is 0 Å². The van der Waals surface area contributed by atoms with Crippen molar-refractivity contribution in [3.8, 4) is 5.75 Å². The van der Waals surface area contributed by atoms with Crippen molar-refractivity contribution in [1.29, 1.82) is 0 Å². The van der Waals surface area contributed by atoms with Crippen molar-refractivity contribution >= 4 is 10.0 Å². The van der Waals surface area contributed by atoms with E-state index in [2.05, 4.69) is 4.72 Å². The summed E-state index contributed by atoms with van der Waals surface area (Å²) < 4.78 is 57.7. The molecule has 1 N–H and O–H groups in total. The molecule has 2 aromatic carbocycles. The molecule has 0 aromatic heterocycles. The fraction of sp³-hybridized carbons (Fsp3) is 0.200. The molecule has 7 heteroatoms. The number of sulfonamides is 1. The number of hydrogen-bond donors (Lipinski definition) is 1. The van der Waals surface area contributed by atoms with Crippen LogP contribution >= 0.6 is 0 Å². The molecule has 0 unspecified atom stereocenters. The number of ether oxygens (including phenoxy) is 1. The van der Waals surface area contributed by atoms with Crippen molar-refractivity contribution < 1.29 is 21.9 Å². The normalized spacial score (nSPS) is 11.4. The maximum absolute atomic E-state index is 13.0. The molecule has 0 aliphatic rings. The molecule has 0 aliphatic heterocycles. The summed E-state index contributed by atoms with van der Waals surface area (Å²) in [5, 5.41) is 0. The standard InChI is InChI=1S/C15H15F2NO3S/c1-11-9-13(17)5-6-15(11)22(19,20)18-7-8-21-14-4-2-3-12(16)10-14/h2-6,9-10,18H,7-8H2,1H3. The molecular formula is C15H15F2NO3S. The van der Waals surface area contributed by atoms with Crippen LogP contribution in [0.25, 0.3) is 0 Å². The van der Waals surface area contributed by atoms with Gasteiger partial charge in [-0.25, -0.2) is 21.9 Å². The van der Waals surface area contributed by atoms with Crippen LogP contribution in [0.15, 0.2) is 47.4 Å². The molecule has 2 aromatic rings. The lowest BCUT2D eigenvalue weighted by Crippen LogP contribution is -2.28. The molecule has 0 saturated heterocycles. The zero-order chi connectivity index (χ0) is 16.2. The number of halogens is 2. The first-order valence-corrected chi connectivity index (χ1v) is 8.01. The second-order valence-electron chi connectivity index (χ2n) is 4.61. The van der Waals surface area contributed by atoms with Gasteiger partial charge in [0.25, 0.3) is 0 Å². The van der Waals surface area contributed by atoms with E-state index in [9.17, 15) is 17.2 Å². The highest BCUT2D eigenvalue weighted by molar-refractivity contribution is 7.89. The number of nitrogens with one attached hydrogen (secondary N) is 1. The smallest absolute Gasteiger partial charge is 0.240 e. The highest BCUT2D eigenvalue weighted by atomic mass is 32.2. The van der Waals surface area contributed by atoms with E-state index in [-0.39, 0.29) is 18.0 Å². The summed E-state index contributed by atoms with van der Waals surface area (Å²) >= 11 is 0. The van der Waals surface area contributed by atoms with Crippen molar-refractivity contribution in [3.05, 3.63) is 59.7 Å². The van der Waals surface area contributed by atoms with E-state index >= 15 is 0 Å². The molecule has 0 atom stereocenters. The van der Waals surface area contributed by atoms with E-state index in [4.69, 9.17) is 4.74 Å². The molecule has 0 bridgehead atoms. The van der Waals surface area contributed by atoms with E-state index in [0.29, 0.717) is 11.3 Å². The minimum absolute atomic E-state index is 0.00959. The summed E-state index contributed by atoms with van der Waals surface area (Å²) in [5.41, 5.74) is 0.318. The van der Waals surface area contributed by atoms with Crippen molar-refractivity contribution in [2.24, 2.45) is 0 Å². The summed E-state index contributed by atoms with van der Waals surface area (Å²) in [5.74, 6) is -0.608. The predicted molar refractivity (Wildman–Crippen MR) is 78.2 cm³/mol. The number of hydrogen-bond acceptors (Lipinski definition) is 3. The summed E-state index contributed by atoms with van der Waals surface area (Å²) in [7, 11) is -3.74. The minimum Gasteiger partial charge on any atom is -0.492 e. The molecule has 0 heterocycles. The van der Waals surface area contributed by atoms with Gasteiger partial charge in [-0.15, -0.1) is 0 Å². The second-order valence-corrected chi connectivity index (χ2v) is 6.35. The van der Waals surface area contributed by atoms with Crippen LogP contribution in [0.2, 0.25) is 0 Å². The van der Waals surface area contributed by atoms with Crippen LogP contribution in [0, 0.1) is 18.6 Å². The Morgan fingerprint density at radius 1 is 1.09 bits per heavy atom. The molecule has 4 nitrogen and oxygen atoms in total. The molecule has 22 heavy (non-hydrogen) atoms. The van der Waals surface area contributed by atoms with Crippen molar-refractivity contribution in [3.63, 3.8) is 0 Å². The van der Waals surface area contributed by atoms with Gasteiger partial charge in [-0.1, -0.05) is 6.07 Å². The highest BCUT2D eigenvalue weighted by Gasteiger charge is 2.16. The Hall–Kier alpha value is -1.99. The van der Waals surface area contributed by atoms with Crippen molar-refractivity contribution in [2.75, 3.05) is 13.2 Å². The topological polar surface area (TPSA) is 55.4 Å². The molecule has 0 fully saturated rings. The Labute approximate surface area is 127 Å². The first-order chi connectivity index (χ1) is 10.4.